The first-order valence-corrected chi connectivity index (χ1v) is 6.08. The quantitative estimate of drug-likeness (QED) is 0.839. The van der Waals surface area contributed by atoms with Crippen LogP contribution >= 0.6 is 0 Å². The fraction of sp³-hybridized carbons (Fsp3) is 0.250. The minimum Gasteiger partial charge on any atom is -0.494 e. The molecule has 0 aliphatic heterocycles. The standard InChI is InChI=1S/C16H16N2O/c1-16(2,11-17)13-6-4-12(5-7-13)14-8-9-18-10-15(14)19-3/h4-10H,1-3H3. The number of methoxy groups -OCH3 is 1. The van der Waals surface area contributed by atoms with Crippen LogP contribution in [0, 0.1) is 11.3 Å². The average Bonchev–Trinajstić information content (AvgIpc) is 2.47. The Labute approximate surface area is 113 Å². The number of nitriles is 1. The van der Waals surface area contributed by atoms with Crippen molar-refractivity contribution in [2.24, 2.45) is 0 Å². The molecule has 0 atom stereocenters. The Morgan fingerprint density at radius 1 is 1.16 bits per heavy atom. The molecule has 0 unspecified atom stereocenters. The molecule has 0 spiro atoms. The van der Waals surface area contributed by atoms with E-state index in [0.717, 1.165) is 22.4 Å². The highest BCUT2D eigenvalue weighted by Crippen LogP contribution is 2.30. The summed E-state index contributed by atoms with van der Waals surface area (Å²) in [7, 11) is 1.63. The maximum atomic E-state index is 9.14. The van der Waals surface area contributed by atoms with Crippen LogP contribution in [0.4, 0.5) is 0 Å². The van der Waals surface area contributed by atoms with E-state index in [4.69, 9.17) is 10.00 Å². The second-order valence-corrected chi connectivity index (χ2v) is 4.89. The van der Waals surface area contributed by atoms with Gasteiger partial charge in [0.05, 0.1) is 24.8 Å². The number of hydrogen-bond acceptors (Lipinski definition) is 3. The van der Waals surface area contributed by atoms with Gasteiger partial charge in [0, 0.05) is 11.8 Å². The maximum absolute atomic E-state index is 9.14. The van der Waals surface area contributed by atoms with Crippen molar-refractivity contribution in [3.8, 4) is 22.9 Å². The second kappa shape index (κ2) is 5.11. The van der Waals surface area contributed by atoms with Gasteiger partial charge in [-0.2, -0.15) is 5.26 Å². The zero-order valence-corrected chi connectivity index (χ0v) is 11.3. The molecule has 1 heterocycles. The molecular weight excluding hydrogens is 236 g/mol. The van der Waals surface area contributed by atoms with Crippen molar-refractivity contribution in [3.05, 3.63) is 48.3 Å². The van der Waals surface area contributed by atoms with Gasteiger partial charge in [0.2, 0.25) is 0 Å². The zero-order valence-electron chi connectivity index (χ0n) is 11.3. The van der Waals surface area contributed by atoms with Gasteiger partial charge in [-0.25, -0.2) is 0 Å². The Bertz CT molecular complexity index is 609. The Morgan fingerprint density at radius 3 is 2.42 bits per heavy atom. The van der Waals surface area contributed by atoms with Gasteiger partial charge in [-0.05, 0) is 31.0 Å². The third kappa shape index (κ3) is 2.58. The van der Waals surface area contributed by atoms with Crippen LogP contribution in [0.2, 0.25) is 0 Å². The number of hydrogen-bond donors (Lipinski definition) is 0. The van der Waals surface area contributed by atoms with E-state index in [1.54, 1.807) is 19.5 Å². The minimum atomic E-state index is -0.471. The topological polar surface area (TPSA) is 45.9 Å². The van der Waals surface area contributed by atoms with E-state index < -0.39 is 5.41 Å². The van der Waals surface area contributed by atoms with Crippen LogP contribution in [-0.4, -0.2) is 12.1 Å². The number of benzene rings is 1. The van der Waals surface area contributed by atoms with E-state index in [9.17, 15) is 0 Å². The van der Waals surface area contributed by atoms with Gasteiger partial charge in [0.15, 0.2) is 0 Å². The molecule has 0 fully saturated rings. The molecule has 0 amide bonds. The fourth-order valence-corrected chi connectivity index (χ4v) is 1.91. The molecular formula is C16H16N2O. The molecule has 0 radical (unpaired) electrons. The number of nitrogens with zero attached hydrogens (tertiary/aromatic N) is 2. The summed E-state index contributed by atoms with van der Waals surface area (Å²) in [6, 6.07) is 12.2. The van der Waals surface area contributed by atoms with Crippen LogP contribution < -0.4 is 4.74 Å². The third-order valence-corrected chi connectivity index (χ3v) is 3.20. The molecule has 0 bridgehead atoms. The fourth-order valence-electron chi connectivity index (χ4n) is 1.91. The summed E-state index contributed by atoms with van der Waals surface area (Å²) in [6.07, 6.45) is 3.44. The van der Waals surface area contributed by atoms with Gasteiger partial charge in [-0.3, -0.25) is 4.98 Å². The highest BCUT2D eigenvalue weighted by molar-refractivity contribution is 5.70. The van der Waals surface area contributed by atoms with Crippen LogP contribution in [0.25, 0.3) is 11.1 Å². The van der Waals surface area contributed by atoms with Crippen molar-refractivity contribution in [2.45, 2.75) is 19.3 Å². The highest BCUT2D eigenvalue weighted by atomic mass is 16.5. The maximum Gasteiger partial charge on any atom is 0.144 e. The van der Waals surface area contributed by atoms with E-state index >= 15 is 0 Å². The molecule has 3 nitrogen and oxygen atoms in total. The van der Waals surface area contributed by atoms with Gasteiger partial charge in [-0.1, -0.05) is 24.3 Å². The summed E-state index contributed by atoms with van der Waals surface area (Å²) >= 11 is 0. The van der Waals surface area contributed by atoms with Gasteiger partial charge in [0.25, 0.3) is 0 Å². The summed E-state index contributed by atoms with van der Waals surface area (Å²) in [6.45, 7) is 3.82. The first kappa shape index (κ1) is 13.1. The monoisotopic (exact) mass is 252 g/mol. The van der Waals surface area contributed by atoms with Gasteiger partial charge in [-0.15, -0.1) is 0 Å². The molecule has 1 aromatic heterocycles. The number of ether oxygens (including phenoxy) is 1. The van der Waals surface area contributed by atoms with Crippen molar-refractivity contribution in [1.82, 2.24) is 4.98 Å². The van der Waals surface area contributed by atoms with Crippen LogP contribution in [0.1, 0.15) is 19.4 Å². The van der Waals surface area contributed by atoms with E-state index in [1.807, 2.05) is 44.2 Å². The number of rotatable bonds is 3. The summed E-state index contributed by atoms with van der Waals surface area (Å²) < 4.78 is 5.30. The zero-order chi connectivity index (χ0) is 13.9. The van der Waals surface area contributed by atoms with Crippen LogP contribution in [0.15, 0.2) is 42.7 Å². The summed E-state index contributed by atoms with van der Waals surface area (Å²) in [5.41, 5.74) is 2.59. The van der Waals surface area contributed by atoms with Crippen molar-refractivity contribution in [1.29, 1.82) is 5.26 Å². The van der Waals surface area contributed by atoms with Crippen LogP contribution in [0.5, 0.6) is 5.75 Å². The lowest BCUT2D eigenvalue weighted by molar-refractivity contribution is 0.414. The molecule has 0 aliphatic rings. The van der Waals surface area contributed by atoms with E-state index in [-0.39, 0.29) is 0 Å². The lowest BCUT2D eigenvalue weighted by Gasteiger charge is -2.16. The number of pyridine rings is 1. The molecule has 96 valence electrons. The molecule has 3 heteroatoms. The van der Waals surface area contributed by atoms with Crippen molar-refractivity contribution in [3.63, 3.8) is 0 Å². The molecule has 0 aliphatic carbocycles. The smallest absolute Gasteiger partial charge is 0.144 e. The van der Waals surface area contributed by atoms with Crippen LogP contribution in [-0.2, 0) is 5.41 Å². The molecule has 0 saturated heterocycles. The molecule has 0 N–H and O–H groups in total. The third-order valence-electron chi connectivity index (χ3n) is 3.20. The second-order valence-electron chi connectivity index (χ2n) is 4.89. The summed E-state index contributed by atoms with van der Waals surface area (Å²) in [5, 5.41) is 9.14. The Hall–Kier alpha value is -2.34. The molecule has 2 rings (SSSR count). The molecule has 1 aromatic carbocycles. The Balaban J connectivity index is 2.41. The minimum absolute atomic E-state index is 0.471. The summed E-state index contributed by atoms with van der Waals surface area (Å²) in [5.74, 6) is 0.745. The lowest BCUT2D eigenvalue weighted by atomic mass is 9.85. The predicted octanol–water partition coefficient (Wildman–Crippen LogP) is 3.56. The largest absolute Gasteiger partial charge is 0.494 e. The first-order valence-electron chi connectivity index (χ1n) is 6.08. The van der Waals surface area contributed by atoms with Crippen molar-refractivity contribution >= 4 is 0 Å². The Kier molecular flexibility index (Phi) is 3.52. The molecule has 19 heavy (non-hydrogen) atoms. The van der Waals surface area contributed by atoms with Gasteiger partial charge in [0.1, 0.15) is 5.75 Å². The predicted molar refractivity (Wildman–Crippen MR) is 74.9 cm³/mol. The summed E-state index contributed by atoms with van der Waals surface area (Å²) in [4.78, 5) is 4.04. The van der Waals surface area contributed by atoms with E-state index in [0.29, 0.717) is 0 Å². The average molecular weight is 252 g/mol. The van der Waals surface area contributed by atoms with Crippen molar-refractivity contribution < 1.29 is 4.74 Å². The van der Waals surface area contributed by atoms with Crippen LogP contribution in [0.3, 0.4) is 0 Å². The SMILES string of the molecule is COc1cnccc1-c1ccc(C(C)(C)C#N)cc1. The van der Waals surface area contributed by atoms with Crippen molar-refractivity contribution in [2.75, 3.05) is 7.11 Å². The molecule has 0 saturated carbocycles. The first-order chi connectivity index (χ1) is 9.08. The normalized spacial score (nSPS) is 10.8. The highest BCUT2D eigenvalue weighted by Gasteiger charge is 2.19. The molecule has 2 aromatic rings. The Morgan fingerprint density at radius 2 is 1.84 bits per heavy atom. The lowest BCUT2D eigenvalue weighted by Crippen LogP contribution is -2.13. The van der Waals surface area contributed by atoms with E-state index in [2.05, 4.69) is 11.1 Å². The van der Waals surface area contributed by atoms with Gasteiger partial charge < -0.3 is 4.74 Å². The van der Waals surface area contributed by atoms with E-state index in [1.165, 1.54) is 0 Å². The number of aromatic nitrogens is 1. The van der Waals surface area contributed by atoms with Gasteiger partial charge >= 0.3 is 0 Å².